The van der Waals surface area contributed by atoms with E-state index in [0.29, 0.717) is 12.8 Å². The maximum Gasteiger partial charge on any atom is 0.217 e. The minimum Gasteiger partial charge on any atom is -0.375 e. The molecule has 1 heterocycles. The van der Waals surface area contributed by atoms with Crippen LogP contribution in [0.15, 0.2) is 53.5 Å². The number of anilines is 1. The first kappa shape index (κ1) is 18.2. The standard InChI is InChI=1S/C22H27N3O/c1-3-14-25(2)19-10-8-18(9-11-19)22(13-12-21(23)26)15-17-6-4-5-7-20(17)24-16-22/h4-11,16H,3,12-15H2,1-2H3,(H2,23,26). The summed E-state index contributed by atoms with van der Waals surface area (Å²) in [5.41, 5.74) is 9.78. The van der Waals surface area contributed by atoms with E-state index in [9.17, 15) is 4.79 Å². The van der Waals surface area contributed by atoms with Gasteiger partial charge in [0.1, 0.15) is 0 Å². The number of hydrogen-bond donors (Lipinski definition) is 1. The van der Waals surface area contributed by atoms with Gasteiger partial charge in [-0.15, -0.1) is 0 Å². The summed E-state index contributed by atoms with van der Waals surface area (Å²) in [7, 11) is 2.11. The van der Waals surface area contributed by atoms with E-state index in [1.54, 1.807) is 0 Å². The lowest BCUT2D eigenvalue weighted by atomic mass is 9.71. The van der Waals surface area contributed by atoms with E-state index in [2.05, 4.69) is 49.2 Å². The molecule has 1 aliphatic heterocycles. The molecule has 0 spiro atoms. The number of primary amides is 1. The summed E-state index contributed by atoms with van der Waals surface area (Å²) in [6.45, 7) is 3.21. The van der Waals surface area contributed by atoms with Gasteiger partial charge in [-0.3, -0.25) is 9.79 Å². The highest BCUT2D eigenvalue weighted by atomic mass is 16.1. The van der Waals surface area contributed by atoms with Crippen molar-refractivity contribution in [3.63, 3.8) is 0 Å². The van der Waals surface area contributed by atoms with Crippen molar-refractivity contribution in [3.8, 4) is 0 Å². The quantitative estimate of drug-likeness (QED) is 0.821. The molecule has 1 atom stereocenters. The highest BCUT2D eigenvalue weighted by Gasteiger charge is 2.34. The molecule has 0 saturated heterocycles. The molecule has 136 valence electrons. The first-order valence-electron chi connectivity index (χ1n) is 9.27. The fraction of sp³-hybridized carbons (Fsp3) is 0.364. The van der Waals surface area contributed by atoms with Crippen molar-refractivity contribution in [2.75, 3.05) is 18.5 Å². The molecule has 4 nitrogen and oxygen atoms in total. The number of benzene rings is 2. The summed E-state index contributed by atoms with van der Waals surface area (Å²) in [5, 5.41) is 0. The Hall–Kier alpha value is -2.62. The van der Waals surface area contributed by atoms with Gasteiger partial charge in [-0.25, -0.2) is 0 Å². The van der Waals surface area contributed by atoms with Gasteiger partial charge in [-0.1, -0.05) is 37.3 Å². The largest absolute Gasteiger partial charge is 0.375 e. The maximum absolute atomic E-state index is 11.4. The normalized spacial score (nSPS) is 18.4. The summed E-state index contributed by atoms with van der Waals surface area (Å²) in [5.74, 6) is -0.268. The number of rotatable bonds is 7. The minimum atomic E-state index is -0.286. The average Bonchev–Trinajstić information content (AvgIpc) is 2.66. The zero-order valence-corrected chi connectivity index (χ0v) is 15.6. The topological polar surface area (TPSA) is 58.7 Å². The second-order valence-electron chi connectivity index (χ2n) is 7.15. The van der Waals surface area contributed by atoms with Gasteiger partial charge < -0.3 is 10.6 Å². The lowest BCUT2D eigenvalue weighted by Gasteiger charge is -2.34. The van der Waals surface area contributed by atoms with E-state index >= 15 is 0 Å². The zero-order valence-electron chi connectivity index (χ0n) is 15.6. The molecular formula is C22H27N3O. The van der Waals surface area contributed by atoms with Gasteiger partial charge in [0.25, 0.3) is 0 Å². The number of amides is 1. The van der Waals surface area contributed by atoms with Crippen molar-refractivity contribution in [3.05, 3.63) is 59.7 Å². The number of aliphatic imine (C=N–C) groups is 1. The van der Waals surface area contributed by atoms with Crippen LogP contribution in [0.25, 0.3) is 0 Å². The second-order valence-corrected chi connectivity index (χ2v) is 7.15. The first-order valence-corrected chi connectivity index (χ1v) is 9.27. The number of carbonyl (C=O) groups excluding carboxylic acids is 1. The van der Waals surface area contributed by atoms with Crippen LogP contribution >= 0.6 is 0 Å². The molecule has 0 saturated carbocycles. The molecule has 3 rings (SSSR count). The third-order valence-electron chi connectivity index (χ3n) is 5.21. The summed E-state index contributed by atoms with van der Waals surface area (Å²) in [6, 6.07) is 16.9. The summed E-state index contributed by atoms with van der Waals surface area (Å²) in [6.07, 6.45) is 4.99. The molecule has 4 heteroatoms. The molecule has 0 aliphatic carbocycles. The number of carbonyl (C=O) groups is 1. The third-order valence-corrected chi connectivity index (χ3v) is 5.21. The predicted octanol–water partition coefficient (Wildman–Crippen LogP) is 3.99. The van der Waals surface area contributed by atoms with E-state index in [1.807, 2.05) is 24.4 Å². The molecule has 2 aromatic rings. The van der Waals surface area contributed by atoms with Crippen LogP contribution in [-0.4, -0.2) is 25.7 Å². The fourth-order valence-electron chi connectivity index (χ4n) is 3.70. The lowest BCUT2D eigenvalue weighted by molar-refractivity contribution is -0.118. The minimum absolute atomic E-state index is 0.268. The number of fused-ring (bicyclic) bond motifs is 1. The molecule has 0 bridgehead atoms. The third kappa shape index (κ3) is 3.79. The van der Waals surface area contributed by atoms with Crippen molar-refractivity contribution in [1.82, 2.24) is 0 Å². The zero-order chi connectivity index (χ0) is 18.6. The van der Waals surface area contributed by atoms with Gasteiger partial charge in [0.2, 0.25) is 5.91 Å². The van der Waals surface area contributed by atoms with Crippen LogP contribution in [0.3, 0.4) is 0 Å². The lowest BCUT2D eigenvalue weighted by Crippen LogP contribution is -2.34. The Morgan fingerprint density at radius 2 is 1.92 bits per heavy atom. The monoisotopic (exact) mass is 349 g/mol. The summed E-state index contributed by atoms with van der Waals surface area (Å²) < 4.78 is 0. The van der Waals surface area contributed by atoms with Gasteiger partial charge in [0.15, 0.2) is 0 Å². The van der Waals surface area contributed by atoms with Crippen molar-refractivity contribution in [2.24, 2.45) is 10.7 Å². The van der Waals surface area contributed by atoms with Crippen LogP contribution < -0.4 is 10.6 Å². The Morgan fingerprint density at radius 3 is 2.62 bits per heavy atom. The highest BCUT2D eigenvalue weighted by Crippen LogP contribution is 2.39. The van der Waals surface area contributed by atoms with Crippen LogP contribution in [0.2, 0.25) is 0 Å². The van der Waals surface area contributed by atoms with E-state index in [1.165, 1.54) is 16.8 Å². The van der Waals surface area contributed by atoms with Crippen molar-refractivity contribution in [2.45, 2.75) is 38.0 Å². The Labute approximate surface area is 155 Å². The first-order chi connectivity index (χ1) is 12.5. The SMILES string of the molecule is CCCN(C)c1ccc(C2(CCC(N)=O)C=Nc3ccccc3C2)cc1. The molecule has 1 amide bonds. The summed E-state index contributed by atoms with van der Waals surface area (Å²) in [4.78, 5) is 18.4. The van der Waals surface area contributed by atoms with Crippen molar-refractivity contribution >= 4 is 23.5 Å². The van der Waals surface area contributed by atoms with Crippen LogP contribution in [-0.2, 0) is 16.6 Å². The average molecular weight is 349 g/mol. The van der Waals surface area contributed by atoms with Crippen LogP contribution in [0, 0.1) is 0 Å². The van der Waals surface area contributed by atoms with Gasteiger partial charge in [-0.2, -0.15) is 0 Å². The molecular weight excluding hydrogens is 322 g/mol. The summed E-state index contributed by atoms with van der Waals surface area (Å²) >= 11 is 0. The Kier molecular flexibility index (Phi) is 5.40. The maximum atomic E-state index is 11.4. The Morgan fingerprint density at radius 1 is 1.19 bits per heavy atom. The van der Waals surface area contributed by atoms with E-state index in [4.69, 9.17) is 10.7 Å². The molecule has 0 radical (unpaired) electrons. The van der Waals surface area contributed by atoms with Gasteiger partial charge in [0, 0.05) is 37.3 Å². The predicted molar refractivity (Wildman–Crippen MR) is 108 cm³/mol. The molecule has 0 fully saturated rings. The Balaban J connectivity index is 1.94. The Bertz CT molecular complexity index is 797. The smallest absolute Gasteiger partial charge is 0.217 e. The molecule has 1 aliphatic rings. The van der Waals surface area contributed by atoms with Gasteiger partial charge >= 0.3 is 0 Å². The van der Waals surface area contributed by atoms with E-state index < -0.39 is 0 Å². The van der Waals surface area contributed by atoms with E-state index in [-0.39, 0.29) is 11.3 Å². The van der Waals surface area contributed by atoms with Gasteiger partial charge in [0.05, 0.1) is 5.69 Å². The van der Waals surface area contributed by atoms with Crippen molar-refractivity contribution in [1.29, 1.82) is 0 Å². The van der Waals surface area contributed by atoms with Gasteiger partial charge in [-0.05, 0) is 48.6 Å². The van der Waals surface area contributed by atoms with Crippen LogP contribution in [0.5, 0.6) is 0 Å². The molecule has 0 aromatic heterocycles. The second kappa shape index (κ2) is 7.73. The number of nitrogens with two attached hydrogens (primary N) is 1. The number of hydrogen-bond acceptors (Lipinski definition) is 3. The number of para-hydroxylation sites is 1. The molecule has 2 aromatic carbocycles. The molecule has 26 heavy (non-hydrogen) atoms. The van der Waals surface area contributed by atoms with Crippen LogP contribution in [0.4, 0.5) is 11.4 Å². The van der Waals surface area contributed by atoms with Crippen LogP contribution in [0.1, 0.15) is 37.3 Å². The fourth-order valence-corrected chi connectivity index (χ4v) is 3.70. The highest BCUT2D eigenvalue weighted by molar-refractivity contribution is 5.82. The van der Waals surface area contributed by atoms with Crippen molar-refractivity contribution < 1.29 is 4.79 Å². The molecule has 2 N–H and O–H groups in total. The van der Waals surface area contributed by atoms with E-state index in [0.717, 1.165) is 25.1 Å². The number of nitrogens with zero attached hydrogens (tertiary/aromatic N) is 2. The molecule has 1 unspecified atom stereocenters.